The van der Waals surface area contributed by atoms with Crippen molar-refractivity contribution in [1.82, 2.24) is 0 Å². The first-order valence-corrected chi connectivity index (χ1v) is 5.06. The minimum Gasteiger partial charge on any atom is -0.469 e. The summed E-state index contributed by atoms with van der Waals surface area (Å²) in [7, 11) is 1.28. The summed E-state index contributed by atoms with van der Waals surface area (Å²) in [4.78, 5) is 11.2. The molecule has 2 rings (SSSR count). The predicted molar refractivity (Wildman–Crippen MR) is 50.1 cm³/mol. The van der Waals surface area contributed by atoms with E-state index in [2.05, 4.69) is 4.74 Å². The third-order valence-electron chi connectivity index (χ3n) is 3.59. The molecule has 1 saturated carbocycles. The number of carbonyl (C=O) groups is 1. The van der Waals surface area contributed by atoms with Crippen LogP contribution in [0.3, 0.4) is 0 Å². The Labute approximate surface area is 88.0 Å². The lowest BCUT2D eigenvalue weighted by Gasteiger charge is -2.36. The van der Waals surface area contributed by atoms with Gasteiger partial charge in [0, 0.05) is 12.8 Å². The fraction of sp³-hybridized carbons (Fsp3) is 0.900. The normalized spacial score (nSPS) is 48.3. The van der Waals surface area contributed by atoms with E-state index in [1.165, 1.54) is 7.11 Å². The molecule has 0 spiro atoms. The maximum absolute atomic E-state index is 11.2. The summed E-state index contributed by atoms with van der Waals surface area (Å²) >= 11 is 0. The number of methoxy groups -OCH3 is 1. The molecule has 0 aromatic rings. The number of fused-ring (bicyclic) bond motifs is 1. The van der Waals surface area contributed by atoms with E-state index in [1.54, 1.807) is 6.92 Å². The molecule has 2 fully saturated rings. The average Bonchev–Trinajstić information content (AvgIpc) is 2.77. The fourth-order valence-electron chi connectivity index (χ4n) is 2.43. The topological polar surface area (TPSA) is 79.3 Å². The molecule has 4 unspecified atom stereocenters. The van der Waals surface area contributed by atoms with Crippen LogP contribution in [0.15, 0.2) is 0 Å². The van der Waals surface area contributed by atoms with Crippen LogP contribution in [0.25, 0.3) is 0 Å². The molecule has 0 aromatic carbocycles. The molecule has 15 heavy (non-hydrogen) atoms. The summed E-state index contributed by atoms with van der Waals surface area (Å²) < 4.78 is 9.91. The maximum atomic E-state index is 11.2. The lowest BCUT2D eigenvalue weighted by atomic mass is 9.73. The average molecular weight is 216 g/mol. The van der Waals surface area contributed by atoms with Crippen LogP contribution >= 0.6 is 0 Å². The lowest BCUT2D eigenvalue weighted by molar-refractivity contribution is -0.152. The second-order valence-corrected chi connectivity index (χ2v) is 4.59. The number of hydrogen-bond donors (Lipinski definition) is 2. The highest BCUT2D eigenvalue weighted by atomic mass is 16.6. The molecule has 0 bridgehead atoms. The van der Waals surface area contributed by atoms with E-state index in [0.717, 1.165) is 0 Å². The van der Waals surface area contributed by atoms with Crippen LogP contribution in [-0.4, -0.2) is 46.7 Å². The number of esters is 1. The van der Waals surface area contributed by atoms with Crippen molar-refractivity contribution in [3.05, 3.63) is 0 Å². The number of hydrogen-bond acceptors (Lipinski definition) is 5. The monoisotopic (exact) mass is 216 g/mol. The number of carbonyl (C=O) groups excluding carboxylic acids is 1. The molecule has 0 radical (unpaired) electrons. The molecule has 1 aliphatic carbocycles. The Morgan fingerprint density at radius 3 is 2.93 bits per heavy atom. The Kier molecular flexibility index (Phi) is 2.29. The summed E-state index contributed by atoms with van der Waals surface area (Å²) in [6, 6.07) is 0. The van der Waals surface area contributed by atoms with Gasteiger partial charge in [-0.3, -0.25) is 4.79 Å². The van der Waals surface area contributed by atoms with Gasteiger partial charge in [0.2, 0.25) is 0 Å². The molecule has 5 heteroatoms. The number of ether oxygens (including phenoxy) is 2. The summed E-state index contributed by atoms with van der Waals surface area (Å²) in [6.07, 6.45) is -0.195. The van der Waals surface area contributed by atoms with Crippen LogP contribution in [0, 0.1) is 0 Å². The van der Waals surface area contributed by atoms with Crippen molar-refractivity contribution < 1.29 is 24.5 Å². The van der Waals surface area contributed by atoms with Gasteiger partial charge >= 0.3 is 5.97 Å². The van der Waals surface area contributed by atoms with Crippen LogP contribution in [0.1, 0.15) is 26.2 Å². The predicted octanol–water partition coefficient (Wildman–Crippen LogP) is -0.407. The summed E-state index contributed by atoms with van der Waals surface area (Å²) in [6.45, 7) is 1.77. The highest BCUT2D eigenvalue weighted by Gasteiger charge is 2.69. The molecular weight excluding hydrogens is 200 g/mol. The largest absolute Gasteiger partial charge is 0.469 e. The number of rotatable bonds is 2. The third kappa shape index (κ3) is 1.55. The van der Waals surface area contributed by atoms with Gasteiger partial charge < -0.3 is 19.7 Å². The van der Waals surface area contributed by atoms with E-state index >= 15 is 0 Å². The second-order valence-electron chi connectivity index (χ2n) is 4.59. The summed E-state index contributed by atoms with van der Waals surface area (Å²) in [5, 5.41) is 19.9. The van der Waals surface area contributed by atoms with E-state index < -0.39 is 23.3 Å². The molecule has 1 aliphatic heterocycles. The van der Waals surface area contributed by atoms with Gasteiger partial charge in [-0.05, 0) is 6.92 Å². The molecule has 1 saturated heterocycles. The molecule has 5 nitrogen and oxygen atoms in total. The van der Waals surface area contributed by atoms with Crippen molar-refractivity contribution in [3.63, 3.8) is 0 Å². The van der Waals surface area contributed by atoms with E-state index in [9.17, 15) is 15.0 Å². The van der Waals surface area contributed by atoms with Crippen molar-refractivity contribution >= 4 is 5.97 Å². The Balaban J connectivity index is 2.14. The molecule has 2 N–H and O–H groups in total. The van der Waals surface area contributed by atoms with Crippen molar-refractivity contribution in [2.45, 2.75) is 49.6 Å². The molecular formula is C10H16O5. The van der Waals surface area contributed by atoms with Gasteiger partial charge in [0.25, 0.3) is 0 Å². The first kappa shape index (κ1) is 10.9. The van der Waals surface area contributed by atoms with E-state index in [0.29, 0.717) is 6.42 Å². The quantitative estimate of drug-likeness (QED) is 0.484. The van der Waals surface area contributed by atoms with E-state index in [1.807, 2.05) is 0 Å². The smallest absolute Gasteiger partial charge is 0.308 e. The zero-order valence-corrected chi connectivity index (χ0v) is 8.90. The Hall–Kier alpha value is -0.650. The first-order chi connectivity index (χ1) is 6.91. The second kappa shape index (κ2) is 3.17. The Morgan fingerprint density at radius 2 is 2.33 bits per heavy atom. The highest BCUT2D eigenvalue weighted by molar-refractivity contribution is 5.71. The van der Waals surface area contributed by atoms with Gasteiger partial charge in [-0.1, -0.05) is 0 Å². The molecule has 2 aliphatic rings. The van der Waals surface area contributed by atoms with Gasteiger partial charge in [0.05, 0.1) is 25.7 Å². The van der Waals surface area contributed by atoms with Crippen LogP contribution in [-0.2, 0) is 14.3 Å². The zero-order valence-electron chi connectivity index (χ0n) is 8.90. The Bertz CT molecular complexity index is 292. The van der Waals surface area contributed by atoms with Crippen LogP contribution in [0.5, 0.6) is 0 Å². The van der Waals surface area contributed by atoms with Crippen molar-refractivity contribution in [2.24, 2.45) is 0 Å². The van der Waals surface area contributed by atoms with Crippen molar-refractivity contribution in [2.75, 3.05) is 7.11 Å². The molecule has 1 heterocycles. The van der Waals surface area contributed by atoms with E-state index in [-0.39, 0.29) is 18.9 Å². The van der Waals surface area contributed by atoms with Crippen LogP contribution < -0.4 is 0 Å². The standard InChI is InChI=1S/C10H16O5/c1-9-7(15-9)3-6(11)4-10(9,13)5-8(12)14-2/h6-7,11,13H,3-5H2,1-2H3. The molecule has 0 amide bonds. The first-order valence-electron chi connectivity index (χ1n) is 5.06. The fourth-order valence-corrected chi connectivity index (χ4v) is 2.43. The van der Waals surface area contributed by atoms with Gasteiger partial charge in [0.15, 0.2) is 0 Å². The van der Waals surface area contributed by atoms with Crippen molar-refractivity contribution in [1.29, 1.82) is 0 Å². The van der Waals surface area contributed by atoms with Crippen LogP contribution in [0.2, 0.25) is 0 Å². The summed E-state index contributed by atoms with van der Waals surface area (Å²) in [5.74, 6) is -0.484. The minimum atomic E-state index is -1.30. The molecule has 86 valence electrons. The number of epoxide rings is 1. The van der Waals surface area contributed by atoms with Gasteiger partial charge in [0.1, 0.15) is 11.2 Å². The maximum Gasteiger partial charge on any atom is 0.308 e. The van der Waals surface area contributed by atoms with Gasteiger partial charge in [-0.2, -0.15) is 0 Å². The zero-order chi connectivity index (χ0) is 11.3. The SMILES string of the molecule is COC(=O)CC1(O)CC(O)CC2OC21C. The number of aliphatic hydroxyl groups excluding tert-OH is 1. The molecule has 0 aromatic heterocycles. The summed E-state index contributed by atoms with van der Waals surface area (Å²) in [5.41, 5.74) is -2.00. The van der Waals surface area contributed by atoms with E-state index in [4.69, 9.17) is 4.74 Å². The van der Waals surface area contributed by atoms with Crippen molar-refractivity contribution in [3.8, 4) is 0 Å². The Morgan fingerprint density at radius 1 is 1.67 bits per heavy atom. The minimum absolute atomic E-state index is 0.131. The highest BCUT2D eigenvalue weighted by Crippen LogP contribution is 2.54. The third-order valence-corrected chi connectivity index (χ3v) is 3.59. The molecule has 4 atom stereocenters. The van der Waals surface area contributed by atoms with Gasteiger partial charge in [-0.15, -0.1) is 0 Å². The van der Waals surface area contributed by atoms with Gasteiger partial charge in [-0.25, -0.2) is 0 Å². The number of aliphatic hydroxyl groups is 2. The lowest BCUT2D eigenvalue weighted by Crippen LogP contribution is -2.52. The van der Waals surface area contributed by atoms with Crippen LogP contribution in [0.4, 0.5) is 0 Å².